The summed E-state index contributed by atoms with van der Waals surface area (Å²) in [5.74, 6) is -1.47. The van der Waals surface area contributed by atoms with Crippen LogP contribution in [0.1, 0.15) is 36.4 Å². The summed E-state index contributed by atoms with van der Waals surface area (Å²) in [6, 6.07) is 23.7. The Bertz CT molecular complexity index is 1550. The number of carboxylic acids is 1. The number of rotatable bonds is 6. The molecule has 7 nitrogen and oxygen atoms in total. The smallest absolute Gasteiger partial charge is 0.303 e. The third-order valence-corrected chi connectivity index (χ3v) is 6.50. The molecule has 0 spiro atoms. The van der Waals surface area contributed by atoms with Gasteiger partial charge in [0.05, 0.1) is 23.7 Å². The molecule has 2 N–H and O–H groups in total. The number of halogens is 1. The van der Waals surface area contributed by atoms with E-state index in [2.05, 4.69) is 10.1 Å². The van der Waals surface area contributed by atoms with Crippen molar-refractivity contribution in [2.24, 2.45) is 5.10 Å². The molecule has 0 fully saturated rings. The number of nitrogens with one attached hydrogen (secondary N) is 1. The summed E-state index contributed by atoms with van der Waals surface area (Å²) in [4.78, 5) is 40.6. The first kappa shape index (κ1) is 23.5. The molecular weight excluding hydrogens is 478 g/mol. The van der Waals surface area contributed by atoms with Crippen LogP contribution in [-0.2, 0) is 9.59 Å². The first-order valence-corrected chi connectivity index (χ1v) is 11.9. The fourth-order valence-electron chi connectivity index (χ4n) is 4.59. The standard InChI is InChI=1S/C28H22ClN3O4/c29-19-12-10-18(11-13-19)26-20-8-4-5-9-21(20)30-28(36)27(26)22-16-23(17-6-2-1-3-7-17)32(31-22)24(33)14-15-25(34)35/h1-13,23H,14-16H2,(H,30,36)(H,34,35). The summed E-state index contributed by atoms with van der Waals surface area (Å²) < 4.78 is 0. The van der Waals surface area contributed by atoms with Gasteiger partial charge >= 0.3 is 5.97 Å². The minimum absolute atomic E-state index is 0.187. The number of carbonyl (C=O) groups excluding carboxylic acids is 1. The number of benzene rings is 3. The second-order valence-electron chi connectivity index (χ2n) is 8.57. The maximum atomic E-state index is 13.5. The number of aromatic amines is 1. The van der Waals surface area contributed by atoms with Crippen LogP contribution in [0.25, 0.3) is 22.0 Å². The zero-order valence-corrected chi connectivity index (χ0v) is 19.9. The summed E-state index contributed by atoms with van der Waals surface area (Å²) in [5.41, 5.74) is 3.57. The maximum Gasteiger partial charge on any atom is 0.303 e. The monoisotopic (exact) mass is 499 g/mol. The Morgan fingerprint density at radius 2 is 1.64 bits per heavy atom. The van der Waals surface area contributed by atoms with Crippen LogP contribution >= 0.6 is 11.6 Å². The van der Waals surface area contributed by atoms with E-state index in [1.54, 1.807) is 12.1 Å². The van der Waals surface area contributed by atoms with Gasteiger partial charge in [-0.15, -0.1) is 0 Å². The molecule has 36 heavy (non-hydrogen) atoms. The highest BCUT2D eigenvalue weighted by Crippen LogP contribution is 2.37. The molecule has 8 heteroatoms. The lowest BCUT2D eigenvalue weighted by molar-refractivity contribution is -0.141. The number of amides is 1. The Balaban J connectivity index is 1.68. The predicted octanol–water partition coefficient (Wildman–Crippen LogP) is 5.39. The highest BCUT2D eigenvalue weighted by atomic mass is 35.5. The number of carbonyl (C=O) groups is 2. The molecule has 1 atom stereocenters. The second-order valence-corrected chi connectivity index (χ2v) is 9.00. The van der Waals surface area contributed by atoms with Gasteiger partial charge < -0.3 is 10.1 Å². The van der Waals surface area contributed by atoms with Gasteiger partial charge in [0.1, 0.15) is 0 Å². The van der Waals surface area contributed by atoms with E-state index in [0.29, 0.717) is 33.8 Å². The molecule has 0 aliphatic carbocycles. The Labute approximate surface area is 211 Å². The molecule has 0 bridgehead atoms. The number of hydrogen-bond acceptors (Lipinski definition) is 4. The molecule has 0 saturated heterocycles. The van der Waals surface area contributed by atoms with Gasteiger partial charge in [0, 0.05) is 34.3 Å². The highest BCUT2D eigenvalue weighted by molar-refractivity contribution is 6.30. The van der Waals surface area contributed by atoms with Gasteiger partial charge in [-0.25, -0.2) is 5.01 Å². The largest absolute Gasteiger partial charge is 0.481 e. The number of para-hydroxylation sites is 1. The SMILES string of the molecule is O=C(O)CCC(=O)N1N=C(c2c(-c3ccc(Cl)cc3)c3ccccc3[nH]c2=O)CC1c1ccccc1. The molecule has 0 saturated carbocycles. The summed E-state index contributed by atoms with van der Waals surface area (Å²) in [6.45, 7) is 0. The van der Waals surface area contributed by atoms with Gasteiger partial charge in [-0.3, -0.25) is 14.4 Å². The topological polar surface area (TPSA) is 103 Å². The van der Waals surface area contributed by atoms with Crippen LogP contribution in [0.5, 0.6) is 0 Å². The van der Waals surface area contributed by atoms with E-state index < -0.39 is 17.9 Å². The number of nitrogens with zero attached hydrogens (tertiary/aromatic N) is 2. The summed E-state index contributed by atoms with van der Waals surface area (Å²) in [6.07, 6.45) is -0.174. The van der Waals surface area contributed by atoms with Crippen molar-refractivity contribution in [1.29, 1.82) is 0 Å². The van der Waals surface area contributed by atoms with E-state index >= 15 is 0 Å². The van der Waals surface area contributed by atoms with E-state index in [9.17, 15) is 14.4 Å². The molecule has 1 amide bonds. The predicted molar refractivity (Wildman–Crippen MR) is 139 cm³/mol. The fraction of sp³-hybridized carbons (Fsp3) is 0.143. The van der Waals surface area contributed by atoms with Crippen molar-refractivity contribution < 1.29 is 14.7 Å². The number of fused-ring (bicyclic) bond motifs is 1. The van der Waals surface area contributed by atoms with Crippen LogP contribution in [0.3, 0.4) is 0 Å². The molecule has 1 aliphatic rings. The minimum Gasteiger partial charge on any atom is -0.481 e. The third-order valence-electron chi connectivity index (χ3n) is 6.25. The van der Waals surface area contributed by atoms with Gasteiger partial charge in [-0.05, 0) is 29.3 Å². The van der Waals surface area contributed by atoms with Crippen LogP contribution in [-0.4, -0.2) is 32.7 Å². The van der Waals surface area contributed by atoms with E-state index in [0.717, 1.165) is 16.5 Å². The van der Waals surface area contributed by atoms with Crippen molar-refractivity contribution in [3.63, 3.8) is 0 Å². The van der Waals surface area contributed by atoms with Gasteiger partial charge in [0.2, 0.25) is 5.91 Å². The molecule has 5 rings (SSSR count). The molecule has 4 aromatic rings. The van der Waals surface area contributed by atoms with Crippen LogP contribution in [0.2, 0.25) is 5.02 Å². The second kappa shape index (κ2) is 9.79. The first-order valence-electron chi connectivity index (χ1n) is 11.5. The summed E-state index contributed by atoms with van der Waals surface area (Å²) in [5, 5.41) is 16.4. The Kier molecular flexibility index (Phi) is 6.40. The molecule has 180 valence electrons. The minimum atomic E-state index is -1.06. The molecule has 1 unspecified atom stereocenters. The number of aromatic nitrogens is 1. The lowest BCUT2D eigenvalue weighted by Gasteiger charge is -2.21. The lowest BCUT2D eigenvalue weighted by atomic mass is 9.91. The summed E-state index contributed by atoms with van der Waals surface area (Å²) >= 11 is 6.13. The number of hydrogen-bond donors (Lipinski definition) is 2. The molecule has 2 heterocycles. The number of aliphatic carboxylic acids is 1. The van der Waals surface area contributed by atoms with Crippen molar-refractivity contribution in [2.45, 2.75) is 25.3 Å². The van der Waals surface area contributed by atoms with E-state index in [1.165, 1.54) is 5.01 Å². The molecule has 3 aromatic carbocycles. The van der Waals surface area contributed by atoms with E-state index in [1.807, 2.05) is 66.7 Å². The van der Waals surface area contributed by atoms with Crippen LogP contribution in [0, 0.1) is 0 Å². The van der Waals surface area contributed by atoms with Gasteiger partial charge in [0.25, 0.3) is 5.56 Å². The van der Waals surface area contributed by atoms with Crippen molar-refractivity contribution in [3.8, 4) is 11.1 Å². The van der Waals surface area contributed by atoms with Crippen molar-refractivity contribution >= 4 is 40.1 Å². The molecule has 1 aromatic heterocycles. The number of H-pyrrole nitrogens is 1. The molecule has 1 aliphatic heterocycles. The quantitative estimate of drug-likeness (QED) is 0.371. The van der Waals surface area contributed by atoms with Gasteiger partial charge in [-0.2, -0.15) is 5.10 Å². The lowest BCUT2D eigenvalue weighted by Crippen LogP contribution is -2.27. The normalized spacial score (nSPS) is 15.2. The zero-order chi connectivity index (χ0) is 25.2. The van der Waals surface area contributed by atoms with Gasteiger partial charge in [-0.1, -0.05) is 72.3 Å². The van der Waals surface area contributed by atoms with E-state index in [4.69, 9.17) is 16.7 Å². The maximum absolute atomic E-state index is 13.5. The van der Waals surface area contributed by atoms with Crippen LogP contribution < -0.4 is 5.56 Å². The fourth-order valence-corrected chi connectivity index (χ4v) is 4.72. The number of pyridine rings is 1. The van der Waals surface area contributed by atoms with Gasteiger partial charge in [0.15, 0.2) is 0 Å². The molecular formula is C28H22ClN3O4. The zero-order valence-electron chi connectivity index (χ0n) is 19.1. The van der Waals surface area contributed by atoms with Crippen molar-refractivity contribution in [1.82, 2.24) is 9.99 Å². The highest BCUT2D eigenvalue weighted by Gasteiger charge is 2.35. The Morgan fingerprint density at radius 3 is 2.36 bits per heavy atom. The average Bonchev–Trinajstić information content (AvgIpc) is 3.32. The van der Waals surface area contributed by atoms with Crippen LogP contribution in [0.4, 0.5) is 0 Å². The van der Waals surface area contributed by atoms with Crippen molar-refractivity contribution in [2.75, 3.05) is 0 Å². The van der Waals surface area contributed by atoms with Crippen LogP contribution in [0.15, 0.2) is 88.8 Å². The number of carboxylic acid groups (broad SMARTS) is 1. The first-order chi connectivity index (χ1) is 17.4. The Morgan fingerprint density at radius 1 is 0.944 bits per heavy atom. The van der Waals surface area contributed by atoms with E-state index in [-0.39, 0.29) is 18.4 Å². The molecule has 0 radical (unpaired) electrons. The van der Waals surface area contributed by atoms with Crippen molar-refractivity contribution in [3.05, 3.63) is 105 Å². The third kappa shape index (κ3) is 4.53. The summed E-state index contributed by atoms with van der Waals surface area (Å²) in [7, 11) is 0. The number of hydrazone groups is 1. The Hall–Kier alpha value is -4.23. The average molecular weight is 500 g/mol.